The Balaban J connectivity index is 1.32. The van der Waals surface area contributed by atoms with Crippen LogP contribution in [-0.4, -0.2) is 81.8 Å². The predicted molar refractivity (Wildman–Crippen MR) is 184 cm³/mol. The van der Waals surface area contributed by atoms with E-state index in [9.17, 15) is 9.90 Å². The van der Waals surface area contributed by atoms with E-state index in [0.29, 0.717) is 16.6 Å². The first-order chi connectivity index (χ1) is 22.0. The molecule has 1 N–H and O–H groups in total. The Labute approximate surface area is 277 Å². The van der Waals surface area contributed by atoms with Crippen molar-refractivity contribution in [1.82, 2.24) is 19.7 Å². The minimum absolute atomic E-state index is 0.522. The molecule has 240 valence electrons. The van der Waals surface area contributed by atoms with Gasteiger partial charge in [0.1, 0.15) is 5.01 Å². The Morgan fingerprint density at radius 1 is 1.09 bits per heavy atom. The average molecular weight is 660 g/mol. The topological polar surface area (TPSA) is 93.0 Å². The monoisotopic (exact) mass is 659 g/mol. The summed E-state index contributed by atoms with van der Waals surface area (Å²) in [5.74, 6) is -0.0395. The number of aliphatic carboxylic acids is 1. The number of fused-ring (bicyclic) bond motifs is 2. The number of benzene rings is 3. The van der Waals surface area contributed by atoms with Gasteiger partial charge < -0.3 is 19.5 Å². The van der Waals surface area contributed by atoms with Crippen LogP contribution in [0.4, 0.5) is 5.82 Å². The molecule has 7 rings (SSSR count). The normalized spacial score (nSPS) is 17.1. The molecule has 0 radical (unpaired) electrons. The molecule has 2 aromatic heterocycles. The molecule has 9 nitrogen and oxygen atoms in total. The van der Waals surface area contributed by atoms with E-state index in [1.54, 1.807) is 11.3 Å². The van der Waals surface area contributed by atoms with Gasteiger partial charge in [-0.2, -0.15) is 5.10 Å². The van der Waals surface area contributed by atoms with Crippen molar-refractivity contribution in [3.05, 3.63) is 64.7 Å². The summed E-state index contributed by atoms with van der Waals surface area (Å²) in [5.41, 5.74) is 5.32. The molecule has 4 heterocycles. The van der Waals surface area contributed by atoms with E-state index in [0.717, 1.165) is 93.6 Å². The maximum atomic E-state index is 12.7. The highest BCUT2D eigenvalue weighted by Crippen LogP contribution is 2.45. The second-order valence-electron chi connectivity index (χ2n) is 13.2. The number of nitrogens with zero attached hydrogens (tertiary/aromatic N) is 5. The summed E-state index contributed by atoms with van der Waals surface area (Å²) in [6, 6.07) is 16.4. The first kappa shape index (κ1) is 31.1. The van der Waals surface area contributed by atoms with Crippen molar-refractivity contribution < 1.29 is 19.4 Å². The zero-order valence-corrected chi connectivity index (χ0v) is 28.3. The van der Waals surface area contributed by atoms with Gasteiger partial charge in [0.25, 0.3) is 0 Å². The number of ether oxygens (including phenoxy) is 2. The largest absolute Gasteiger partial charge is 0.479 e. The Bertz CT molecular complexity index is 1940. The number of carboxylic acids is 1. The Hall–Kier alpha value is -3.54. The number of carboxylic acid groups (broad SMARTS) is 1. The van der Waals surface area contributed by atoms with E-state index in [4.69, 9.17) is 31.2 Å². The quantitative estimate of drug-likeness (QED) is 0.201. The smallest absolute Gasteiger partial charge is 0.337 e. The first-order valence-electron chi connectivity index (χ1n) is 15.6. The van der Waals surface area contributed by atoms with Crippen LogP contribution in [0, 0.1) is 6.92 Å². The van der Waals surface area contributed by atoms with Crippen molar-refractivity contribution in [2.45, 2.75) is 45.4 Å². The molecule has 0 spiro atoms. The van der Waals surface area contributed by atoms with Gasteiger partial charge in [-0.1, -0.05) is 23.7 Å². The fourth-order valence-electron chi connectivity index (χ4n) is 6.58. The van der Waals surface area contributed by atoms with Crippen LogP contribution in [0.2, 0.25) is 5.02 Å². The molecule has 0 saturated carbocycles. The lowest BCUT2D eigenvalue weighted by molar-refractivity contribution is -0.160. The lowest BCUT2D eigenvalue weighted by atomic mass is 9.91. The predicted octanol–water partition coefficient (Wildman–Crippen LogP) is 6.94. The van der Waals surface area contributed by atoms with Crippen LogP contribution in [0.5, 0.6) is 0 Å². The third-order valence-electron chi connectivity index (χ3n) is 8.82. The lowest BCUT2D eigenvalue weighted by Gasteiger charge is -2.46. The molecule has 46 heavy (non-hydrogen) atoms. The van der Waals surface area contributed by atoms with E-state index in [1.807, 2.05) is 69.8 Å². The molecule has 3 aromatic carbocycles. The third-order valence-corrected chi connectivity index (χ3v) is 10.2. The van der Waals surface area contributed by atoms with Crippen LogP contribution in [0.1, 0.15) is 38.0 Å². The molecule has 2 aliphatic rings. The number of halogens is 1. The zero-order valence-electron chi connectivity index (χ0n) is 26.7. The van der Waals surface area contributed by atoms with Gasteiger partial charge in [-0.3, -0.25) is 9.58 Å². The molecule has 0 bridgehead atoms. The molecule has 1 unspecified atom stereocenters. The molecule has 0 aliphatic carbocycles. The van der Waals surface area contributed by atoms with Crippen LogP contribution in [0.25, 0.3) is 42.8 Å². The highest BCUT2D eigenvalue weighted by atomic mass is 35.5. The highest BCUT2D eigenvalue weighted by molar-refractivity contribution is 7.22. The summed E-state index contributed by atoms with van der Waals surface area (Å²) >= 11 is 7.84. The number of hydrogen-bond acceptors (Lipinski definition) is 8. The fourth-order valence-corrected chi connectivity index (χ4v) is 7.82. The second-order valence-corrected chi connectivity index (χ2v) is 14.6. The fraction of sp³-hybridized carbons (Fsp3) is 0.400. The van der Waals surface area contributed by atoms with E-state index in [-0.39, 0.29) is 0 Å². The molecule has 2 fully saturated rings. The van der Waals surface area contributed by atoms with Crippen LogP contribution >= 0.6 is 22.9 Å². The van der Waals surface area contributed by atoms with Gasteiger partial charge in [0, 0.05) is 66.4 Å². The lowest BCUT2D eigenvalue weighted by Crippen LogP contribution is -2.61. The Morgan fingerprint density at radius 3 is 2.46 bits per heavy atom. The first-order valence-corrected chi connectivity index (χ1v) is 16.8. The molecule has 2 saturated heterocycles. The SMILES string of the molecule is Cc1cc2nc(-c3ccc4c(c3)c(N3CC(N5CCOCC5)C3)nn4C)sc2c(-c2ccc(Cl)cc2)c1C(OC(C)(C)C)C(=O)O. The van der Waals surface area contributed by atoms with Gasteiger partial charge in [-0.25, -0.2) is 9.78 Å². The van der Waals surface area contributed by atoms with E-state index in [1.165, 1.54) is 0 Å². The van der Waals surface area contributed by atoms with Gasteiger partial charge in [0.2, 0.25) is 0 Å². The van der Waals surface area contributed by atoms with Gasteiger partial charge in [0.15, 0.2) is 11.9 Å². The number of rotatable bonds is 7. The van der Waals surface area contributed by atoms with Crippen LogP contribution in [-0.2, 0) is 21.3 Å². The molecule has 2 aliphatic heterocycles. The summed E-state index contributed by atoms with van der Waals surface area (Å²) in [6.45, 7) is 13.0. The number of carbonyl (C=O) groups is 1. The number of thiazole rings is 1. The minimum Gasteiger partial charge on any atom is -0.479 e. The van der Waals surface area contributed by atoms with Gasteiger partial charge in [-0.15, -0.1) is 11.3 Å². The third kappa shape index (κ3) is 5.77. The molecule has 0 amide bonds. The summed E-state index contributed by atoms with van der Waals surface area (Å²) in [7, 11) is 1.99. The number of hydrogen-bond donors (Lipinski definition) is 1. The van der Waals surface area contributed by atoms with Crippen LogP contribution < -0.4 is 4.90 Å². The molecule has 11 heteroatoms. The number of aryl methyl sites for hydroxylation is 2. The molecular formula is C35H38ClN5O4S. The Morgan fingerprint density at radius 2 is 1.78 bits per heavy atom. The van der Waals surface area contributed by atoms with Crippen molar-refractivity contribution in [1.29, 1.82) is 0 Å². The minimum atomic E-state index is -1.16. The van der Waals surface area contributed by atoms with E-state index < -0.39 is 17.7 Å². The summed E-state index contributed by atoms with van der Waals surface area (Å²) in [4.78, 5) is 22.7. The molecule has 1 atom stereocenters. The van der Waals surface area contributed by atoms with Crippen molar-refractivity contribution in [3.63, 3.8) is 0 Å². The Kier molecular flexibility index (Phi) is 8.05. The maximum absolute atomic E-state index is 12.7. The van der Waals surface area contributed by atoms with Crippen LogP contribution in [0.3, 0.4) is 0 Å². The van der Waals surface area contributed by atoms with Crippen molar-refractivity contribution in [3.8, 4) is 21.7 Å². The van der Waals surface area contributed by atoms with Crippen LogP contribution in [0.15, 0.2) is 48.5 Å². The van der Waals surface area contributed by atoms with Crippen molar-refractivity contribution >= 4 is 55.8 Å². The zero-order chi connectivity index (χ0) is 32.3. The van der Waals surface area contributed by atoms with E-state index >= 15 is 0 Å². The van der Waals surface area contributed by atoms with Gasteiger partial charge >= 0.3 is 5.97 Å². The number of aromatic nitrogens is 3. The summed E-state index contributed by atoms with van der Waals surface area (Å²) in [6.07, 6.45) is -1.16. The van der Waals surface area contributed by atoms with Crippen molar-refractivity contribution in [2.24, 2.45) is 7.05 Å². The average Bonchev–Trinajstić information content (AvgIpc) is 3.56. The maximum Gasteiger partial charge on any atom is 0.337 e. The molecule has 5 aromatic rings. The standard InChI is InChI=1S/C35H38ClN5O4S/c1-20-16-26-31(29(21-6-9-23(36)10-7-21)28(20)30(34(42)43)45-35(2,3)4)46-33(37-26)22-8-11-27-25(17-22)32(38-39(27)5)41-18-24(19-41)40-12-14-44-15-13-40/h6-11,16-17,24,30H,12-15,18-19H2,1-5H3,(H,42,43). The van der Waals surface area contributed by atoms with E-state index in [2.05, 4.69) is 28.0 Å². The molecular weight excluding hydrogens is 622 g/mol. The highest BCUT2D eigenvalue weighted by Gasteiger charge is 2.35. The summed E-state index contributed by atoms with van der Waals surface area (Å²) in [5, 5.41) is 17.9. The number of anilines is 1. The van der Waals surface area contributed by atoms with Gasteiger partial charge in [-0.05, 0) is 75.2 Å². The second kappa shape index (κ2) is 11.9. The van der Waals surface area contributed by atoms with Crippen molar-refractivity contribution in [2.75, 3.05) is 44.3 Å². The summed E-state index contributed by atoms with van der Waals surface area (Å²) < 4.78 is 14.6. The number of morpholine rings is 1. The van der Waals surface area contributed by atoms with Gasteiger partial charge in [0.05, 0.1) is 34.5 Å².